The number of benzene rings is 1. The van der Waals surface area contributed by atoms with Gasteiger partial charge in [-0.1, -0.05) is 79.8 Å². The average Bonchev–Trinajstić information content (AvgIpc) is 2.52. The van der Waals surface area contributed by atoms with Crippen molar-refractivity contribution in [3.63, 3.8) is 0 Å². The van der Waals surface area contributed by atoms with Crippen LogP contribution in [0.5, 0.6) is 0 Å². The van der Waals surface area contributed by atoms with Gasteiger partial charge in [0, 0.05) is 15.4 Å². The highest BCUT2D eigenvalue weighted by Crippen LogP contribution is 2.26. The maximum atomic E-state index is 3.40. The fourth-order valence-electron chi connectivity index (χ4n) is 1.75. The third-order valence-corrected chi connectivity index (χ3v) is 4.75. The minimum Gasteiger partial charge on any atom is -0.127 e. The highest BCUT2D eigenvalue weighted by Gasteiger charge is 2.07. The molecule has 0 heterocycles. The molecule has 0 saturated heterocycles. The fourth-order valence-corrected chi connectivity index (χ4v) is 3.10. The summed E-state index contributed by atoms with van der Waals surface area (Å²) in [6.07, 6.45) is 0. The highest BCUT2D eigenvalue weighted by molar-refractivity contribution is 7.99. The second kappa shape index (κ2) is 8.62. The summed E-state index contributed by atoms with van der Waals surface area (Å²) in [6.45, 7) is 6.79. The van der Waals surface area contributed by atoms with Crippen molar-refractivity contribution in [1.82, 2.24) is 0 Å². The summed E-state index contributed by atoms with van der Waals surface area (Å²) in [4.78, 5) is 2.44. The van der Waals surface area contributed by atoms with Gasteiger partial charge in [0.15, 0.2) is 0 Å². The Morgan fingerprint density at radius 1 is 0.652 bits per heavy atom. The molecule has 2 aromatic carbocycles. The van der Waals surface area contributed by atoms with Crippen molar-refractivity contribution in [2.24, 2.45) is 0 Å². The average molecular weight is 335 g/mol. The van der Waals surface area contributed by atoms with Gasteiger partial charge in [0.25, 0.3) is 0 Å². The van der Waals surface area contributed by atoms with Crippen LogP contribution >= 0.6 is 11.8 Å². The van der Waals surface area contributed by atoms with Crippen molar-refractivity contribution >= 4 is 19.8 Å². The van der Waals surface area contributed by atoms with E-state index in [1.807, 2.05) is 30.3 Å². The molecule has 0 aliphatic carbocycles. The summed E-state index contributed by atoms with van der Waals surface area (Å²) in [5.41, 5.74) is 4.50. The molecule has 0 radical (unpaired) electrons. The molecule has 0 aromatic heterocycles. The van der Waals surface area contributed by atoms with Crippen LogP contribution in [-0.2, 0) is 0 Å². The third-order valence-electron chi connectivity index (χ3n) is 2.86. The molecular formula is C21H22SSi. The van der Waals surface area contributed by atoms with E-state index in [4.69, 9.17) is 0 Å². The van der Waals surface area contributed by atoms with Crippen LogP contribution in [0, 0.1) is 11.5 Å². The summed E-state index contributed by atoms with van der Waals surface area (Å²) < 4.78 is 0. The van der Waals surface area contributed by atoms with Crippen LogP contribution in [0.2, 0.25) is 19.6 Å². The monoisotopic (exact) mass is 334 g/mol. The molecule has 0 unspecified atom stereocenters. The largest absolute Gasteiger partial charge is 0.129 e. The van der Waals surface area contributed by atoms with Gasteiger partial charge in [0.2, 0.25) is 0 Å². The summed E-state index contributed by atoms with van der Waals surface area (Å²) in [5.74, 6) is 3.29. The van der Waals surface area contributed by atoms with Crippen molar-refractivity contribution in [2.45, 2.75) is 29.4 Å². The van der Waals surface area contributed by atoms with E-state index < -0.39 is 8.07 Å². The van der Waals surface area contributed by atoms with Gasteiger partial charge in [-0.15, -0.1) is 5.54 Å². The van der Waals surface area contributed by atoms with Crippen molar-refractivity contribution in [3.05, 3.63) is 84.4 Å². The first-order chi connectivity index (χ1) is 11.0. The molecule has 0 aliphatic rings. The summed E-state index contributed by atoms with van der Waals surface area (Å²) in [6, 6.07) is 27.1. The number of rotatable bonds is 2. The topological polar surface area (TPSA) is 0 Å². The zero-order chi connectivity index (χ0) is 16.5. The number of hydrogen-bond acceptors (Lipinski definition) is 1. The van der Waals surface area contributed by atoms with E-state index >= 15 is 0 Å². The van der Waals surface area contributed by atoms with E-state index in [1.54, 1.807) is 11.8 Å². The Bertz CT molecular complexity index is 720. The SMILES string of the molecule is C[Si](C)(C)C#Cc1ccc(Sc2ccccccccc2)cc1. The van der Waals surface area contributed by atoms with Crippen LogP contribution in [0.1, 0.15) is 5.56 Å². The Morgan fingerprint density at radius 3 is 1.65 bits per heavy atom. The second-order valence-corrected chi connectivity index (χ2v) is 12.1. The molecule has 0 amide bonds. The first-order valence-corrected chi connectivity index (χ1v) is 12.0. The van der Waals surface area contributed by atoms with Gasteiger partial charge in [-0.2, -0.15) is 0 Å². The van der Waals surface area contributed by atoms with E-state index in [-0.39, 0.29) is 0 Å². The van der Waals surface area contributed by atoms with Crippen LogP contribution in [0.25, 0.3) is 0 Å². The molecule has 0 N–H and O–H groups in total. The van der Waals surface area contributed by atoms with Gasteiger partial charge in [-0.25, -0.2) is 0 Å². The summed E-state index contributed by atoms with van der Waals surface area (Å²) >= 11 is 1.76. The van der Waals surface area contributed by atoms with Crippen LogP contribution in [0.15, 0.2) is 88.7 Å². The van der Waals surface area contributed by atoms with Gasteiger partial charge < -0.3 is 0 Å². The standard InChI is InChI=1S/C21H22SSi/c1-23(2,3)18-17-19-13-15-21(16-14-19)22-20-11-9-7-5-4-6-8-10-12-20/h4-16H,1-3H3. The zero-order valence-corrected chi connectivity index (χ0v) is 15.7. The quantitative estimate of drug-likeness (QED) is 0.466. The molecule has 2 rings (SSSR count). The second-order valence-electron chi connectivity index (χ2n) is 6.21. The smallest absolute Gasteiger partial charge is 0.127 e. The minimum absolute atomic E-state index is 1.10. The van der Waals surface area contributed by atoms with Crippen LogP contribution < -0.4 is 0 Å². The lowest BCUT2D eigenvalue weighted by Gasteiger charge is -2.04. The van der Waals surface area contributed by atoms with Gasteiger partial charge in [0.1, 0.15) is 8.07 Å². The molecule has 2 aromatic rings. The first kappa shape index (κ1) is 17.4. The van der Waals surface area contributed by atoms with Crippen molar-refractivity contribution in [3.8, 4) is 11.5 Å². The lowest BCUT2D eigenvalue weighted by Crippen LogP contribution is -2.16. The van der Waals surface area contributed by atoms with Crippen molar-refractivity contribution in [1.29, 1.82) is 0 Å². The Morgan fingerprint density at radius 2 is 1.13 bits per heavy atom. The molecule has 0 bridgehead atoms. The van der Waals surface area contributed by atoms with Gasteiger partial charge in [0.05, 0.1) is 0 Å². The predicted molar refractivity (Wildman–Crippen MR) is 105 cm³/mol. The van der Waals surface area contributed by atoms with Crippen molar-refractivity contribution < 1.29 is 0 Å². The molecule has 23 heavy (non-hydrogen) atoms. The molecular weight excluding hydrogens is 312 g/mol. The van der Waals surface area contributed by atoms with E-state index in [0.29, 0.717) is 0 Å². The van der Waals surface area contributed by atoms with Crippen molar-refractivity contribution in [2.75, 3.05) is 0 Å². The molecule has 0 nitrogen and oxygen atoms in total. The molecule has 2 heteroatoms. The van der Waals surface area contributed by atoms with Crippen LogP contribution in [0.3, 0.4) is 0 Å². The van der Waals surface area contributed by atoms with E-state index in [0.717, 1.165) is 5.56 Å². The van der Waals surface area contributed by atoms with Gasteiger partial charge in [-0.3, -0.25) is 0 Å². The summed E-state index contributed by atoms with van der Waals surface area (Å²) in [7, 11) is -1.31. The maximum absolute atomic E-state index is 3.40. The molecule has 116 valence electrons. The molecule has 0 spiro atoms. The van der Waals surface area contributed by atoms with E-state index in [9.17, 15) is 0 Å². The lowest BCUT2D eigenvalue weighted by atomic mass is 10.2. The van der Waals surface area contributed by atoms with E-state index in [1.165, 1.54) is 9.79 Å². The van der Waals surface area contributed by atoms with E-state index in [2.05, 4.69) is 79.6 Å². The maximum Gasteiger partial charge on any atom is 0.129 e. The Balaban J connectivity index is 2.16. The summed E-state index contributed by atoms with van der Waals surface area (Å²) in [5, 5.41) is 0. The normalized spacial score (nSPS) is 10.2. The van der Waals surface area contributed by atoms with Gasteiger partial charge >= 0.3 is 0 Å². The van der Waals surface area contributed by atoms with Gasteiger partial charge in [-0.05, 0) is 36.4 Å². The number of hydrogen-bond donors (Lipinski definition) is 0. The first-order valence-electron chi connectivity index (χ1n) is 7.72. The highest BCUT2D eigenvalue weighted by atomic mass is 32.2. The minimum atomic E-state index is -1.31. The lowest BCUT2D eigenvalue weighted by molar-refractivity contribution is 1.41. The molecule has 0 atom stereocenters. The Labute approximate surface area is 145 Å². The molecule has 0 saturated carbocycles. The third kappa shape index (κ3) is 7.23. The fraction of sp³-hybridized carbons (Fsp3) is 0.143. The predicted octanol–water partition coefficient (Wildman–Crippen LogP) is 6.19. The molecule has 0 aliphatic heterocycles. The molecule has 0 fully saturated rings. The van der Waals surface area contributed by atoms with Crippen LogP contribution in [0.4, 0.5) is 0 Å². The zero-order valence-electron chi connectivity index (χ0n) is 13.9. The van der Waals surface area contributed by atoms with Crippen LogP contribution in [-0.4, -0.2) is 8.07 Å². The Kier molecular flexibility index (Phi) is 6.52. The Hall–Kier alpha value is -1.95.